The molecule has 2 aliphatic carbocycles. The summed E-state index contributed by atoms with van der Waals surface area (Å²) in [7, 11) is 0. The SMILES string of the molecule is C=CC(=O)n1nc(NC2CCC2)c2c1CC(c1ccsc1)(c1ccsc1)C=C2. The number of nitrogens with one attached hydrogen (secondary N) is 1. The molecule has 0 saturated heterocycles. The highest BCUT2D eigenvalue weighted by Crippen LogP contribution is 2.44. The van der Waals surface area contributed by atoms with Gasteiger partial charge in [0.05, 0.1) is 5.69 Å². The second kappa shape index (κ2) is 6.87. The molecule has 1 saturated carbocycles. The summed E-state index contributed by atoms with van der Waals surface area (Å²) in [5.41, 5.74) is 4.21. The molecule has 0 aromatic carbocycles. The molecular weight excluding hydrogens is 386 g/mol. The quantitative estimate of drug-likeness (QED) is 0.580. The monoisotopic (exact) mass is 407 g/mol. The smallest absolute Gasteiger partial charge is 0.270 e. The van der Waals surface area contributed by atoms with Gasteiger partial charge in [-0.25, -0.2) is 0 Å². The van der Waals surface area contributed by atoms with Crippen molar-refractivity contribution in [1.29, 1.82) is 0 Å². The van der Waals surface area contributed by atoms with Crippen molar-refractivity contribution in [2.75, 3.05) is 5.32 Å². The van der Waals surface area contributed by atoms with Crippen LogP contribution in [-0.2, 0) is 11.8 Å². The van der Waals surface area contributed by atoms with Gasteiger partial charge >= 0.3 is 0 Å². The van der Waals surface area contributed by atoms with Gasteiger partial charge in [0.15, 0.2) is 5.82 Å². The van der Waals surface area contributed by atoms with Crippen molar-refractivity contribution in [2.24, 2.45) is 0 Å². The van der Waals surface area contributed by atoms with E-state index in [1.807, 2.05) is 0 Å². The Labute approximate surface area is 172 Å². The number of carbonyl (C=O) groups is 1. The first-order valence-corrected chi connectivity index (χ1v) is 11.4. The topological polar surface area (TPSA) is 46.9 Å². The molecule has 3 aromatic rings. The molecule has 4 nitrogen and oxygen atoms in total. The Kier molecular flexibility index (Phi) is 4.33. The third kappa shape index (κ3) is 2.71. The van der Waals surface area contributed by atoms with E-state index in [4.69, 9.17) is 0 Å². The van der Waals surface area contributed by atoms with Crippen LogP contribution in [0, 0.1) is 0 Å². The molecule has 3 heterocycles. The van der Waals surface area contributed by atoms with Crippen LogP contribution >= 0.6 is 22.7 Å². The minimum absolute atomic E-state index is 0.183. The molecule has 0 amide bonds. The molecule has 2 aliphatic rings. The van der Waals surface area contributed by atoms with E-state index < -0.39 is 0 Å². The molecule has 6 heteroatoms. The number of thiophene rings is 2. The minimum atomic E-state index is -0.278. The fourth-order valence-corrected chi connectivity index (χ4v) is 5.56. The lowest BCUT2D eigenvalue weighted by Crippen LogP contribution is -2.31. The van der Waals surface area contributed by atoms with E-state index in [1.54, 1.807) is 27.4 Å². The molecule has 142 valence electrons. The summed E-state index contributed by atoms with van der Waals surface area (Å²) < 4.78 is 1.54. The first-order valence-electron chi connectivity index (χ1n) is 9.51. The van der Waals surface area contributed by atoms with Crippen LogP contribution in [-0.4, -0.2) is 21.7 Å². The first-order chi connectivity index (χ1) is 13.7. The van der Waals surface area contributed by atoms with Gasteiger partial charge in [-0.15, -0.1) is 5.10 Å². The Hall–Kier alpha value is -2.44. The van der Waals surface area contributed by atoms with Crippen molar-refractivity contribution in [3.8, 4) is 0 Å². The number of aromatic nitrogens is 2. The Morgan fingerprint density at radius 2 is 1.96 bits per heavy atom. The maximum absolute atomic E-state index is 12.6. The van der Waals surface area contributed by atoms with Crippen molar-refractivity contribution in [1.82, 2.24) is 9.78 Å². The summed E-state index contributed by atoms with van der Waals surface area (Å²) in [4.78, 5) is 12.6. The van der Waals surface area contributed by atoms with Crippen molar-refractivity contribution in [3.63, 3.8) is 0 Å². The second-order valence-electron chi connectivity index (χ2n) is 7.44. The highest BCUT2D eigenvalue weighted by atomic mass is 32.1. The van der Waals surface area contributed by atoms with E-state index in [9.17, 15) is 4.79 Å². The van der Waals surface area contributed by atoms with Crippen LogP contribution in [0.1, 0.15) is 46.4 Å². The van der Waals surface area contributed by atoms with E-state index in [0.29, 0.717) is 12.5 Å². The molecule has 0 atom stereocenters. The molecule has 0 unspecified atom stereocenters. The molecule has 1 N–H and O–H groups in total. The minimum Gasteiger partial charge on any atom is -0.365 e. The summed E-state index contributed by atoms with van der Waals surface area (Å²) >= 11 is 3.40. The average molecular weight is 408 g/mol. The summed E-state index contributed by atoms with van der Waals surface area (Å²) in [5, 5.41) is 16.8. The van der Waals surface area contributed by atoms with Gasteiger partial charge in [-0.3, -0.25) is 4.79 Å². The van der Waals surface area contributed by atoms with Crippen LogP contribution in [0.25, 0.3) is 6.08 Å². The molecule has 5 rings (SSSR count). The Balaban J connectivity index is 1.65. The molecule has 0 bridgehead atoms. The largest absolute Gasteiger partial charge is 0.365 e. The van der Waals surface area contributed by atoms with Crippen LogP contribution in [0.5, 0.6) is 0 Å². The van der Waals surface area contributed by atoms with E-state index in [1.165, 1.54) is 23.6 Å². The second-order valence-corrected chi connectivity index (χ2v) is 9.00. The number of nitrogens with zero attached hydrogens (tertiary/aromatic N) is 2. The number of allylic oxidation sites excluding steroid dienone is 2. The Morgan fingerprint density at radius 1 is 1.25 bits per heavy atom. The zero-order valence-electron chi connectivity index (χ0n) is 15.4. The number of fused-ring (bicyclic) bond motifs is 1. The third-order valence-corrected chi connectivity index (χ3v) is 7.27. The first kappa shape index (κ1) is 17.6. The molecule has 28 heavy (non-hydrogen) atoms. The van der Waals surface area contributed by atoms with Gasteiger partial charge in [0.25, 0.3) is 5.91 Å². The molecule has 0 radical (unpaired) electrons. The normalized spacial score (nSPS) is 17.7. The maximum Gasteiger partial charge on any atom is 0.270 e. The summed E-state index contributed by atoms with van der Waals surface area (Å²) in [6, 6.07) is 4.82. The molecule has 0 aliphatic heterocycles. The zero-order valence-corrected chi connectivity index (χ0v) is 17.1. The Bertz CT molecular complexity index is 1010. The molecule has 0 spiro atoms. The van der Waals surface area contributed by atoms with Crippen LogP contribution < -0.4 is 5.32 Å². The van der Waals surface area contributed by atoms with Gasteiger partial charge in [0, 0.05) is 23.4 Å². The van der Waals surface area contributed by atoms with Gasteiger partial charge < -0.3 is 5.32 Å². The summed E-state index contributed by atoms with van der Waals surface area (Å²) in [5.74, 6) is 0.633. The molecule has 3 aromatic heterocycles. The number of hydrogen-bond donors (Lipinski definition) is 1. The average Bonchev–Trinajstić information content (AvgIpc) is 3.44. The van der Waals surface area contributed by atoms with Crippen molar-refractivity contribution in [3.05, 3.63) is 74.8 Å². The number of carbonyl (C=O) groups excluding carboxylic acids is 1. The number of anilines is 1. The van der Waals surface area contributed by atoms with E-state index in [2.05, 4.69) is 62.8 Å². The fraction of sp³-hybridized carbons (Fsp3) is 0.273. The number of rotatable bonds is 5. The predicted molar refractivity (Wildman–Crippen MR) is 116 cm³/mol. The Morgan fingerprint density at radius 3 is 2.50 bits per heavy atom. The highest BCUT2D eigenvalue weighted by Gasteiger charge is 2.39. The highest BCUT2D eigenvalue weighted by molar-refractivity contribution is 7.08. The lowest BCUT2D eigenvalue weighted by molar-refractivity contribution is 0.0950. The van der Waals surface area contributed by atoms with Gasteiger partial charge in [-0.2, -0.15) is 27.4 Å². The van der Waals surface area contributed by atoms with Crippen LogP contribution in [0.3, 0.4) is 0 Å². The van der Waals surface area contributed by atoms with E-state index >= 15 is 0 Å². The van der Waals surface area contributed by atoms with Crippen molar-refractivity contribution >= 4 is 40.5 Å². The zero-order chi connectivity index (χ0) is 19.1. The van der Waals surface area contributed by atoms with Gasteiger partial charge in [0.1, 0.15) is 0 Å². The van der Waals surface area contributed by atoms with Crippen molar-refractivity contribution < 1.29 is 4.79 Å². The van der Waals surface area contributed by atoms with Gasteiger partial charge in [-0.1, -0.05) is 18.7 Å². The standard InChI is InChI=1S/C22H21N3OS2/c1-2-20(26)25-19-12-22(15-7-10-27-13-15,16-8-11-28-14-16)9-6-18(19)21(24-25)23-17-4-3-5-17/h2,6-11,13-14,17H,1,3-5,12H2,(H,23,24). The van der Waals surface area contributed by atoms with Gasteiger partial charge in [-0.05, 0) is 70.1 Å². The van der Waals surface area contributed by atoms with Crippen molar-refractivity contribution in [2.45, 2.75) is 37.1 Å². The lowest BCUT2D eigenvalue weighted by Gasteiger charge is -2.33. The van der Waals surface area contributed by atoms with Gasteiger partial charge in [0.2, 0.25) is 0 Å². The fourth-order valence-electron chi connectivity index (χ4n) is 4.08. The summed E-state index contributed by atoms with van der Waals surface area (Å²) in [6.07, 6.45) is 10.1. The van der Waals surface area contributed by atoms with Crippen LogP contribution in [0.2, 0.25) is 0 Å². The summed E-state index contributed by atoms with van der Waals surface area (Å²) in [6.45, 7) is 3.67. The van der Waals surface area contributed by atoms with Crippen LogP contribution in [0.4, 0.5) is 5.82 Å². The maximum atomic E-state index is 12.6. The molecular formula is C22H21N3OS2. The molecule has 1 fully saturated rings. The number of hydrogen-bond acceptors (Lipinski definition) is 5. The lowest BCUT2D eigenvalue weighted by atomic mass is 9.70. The van der Waals surface area contributed by atoms with E-state index in [-0.39, 0.29) is 11.3 Å². The van der Waals surface area contributed by atoms with E-state index in [0.717, 1.165) is 29.9 Å². The predicted octanol–water partition coefficient (Wildman–Crippen LogP) is 5.35. The van der Waals surface area contributed by atoms with Crippen LogP contribution in [0.15, 0.2) is 52.4 Å². The third-order valence-electron chi connectivity index (χ3n) is 5.90.